The highest BCUT2D eigenvalue weighted by Crippen LogP contribution is 2.48. The van der Waals surface area contributed by atoms with Crippen molar-refractivity contribution in [3.8, 4) is 33.5 Å². The van der Waals surface area contributed by atoms with Crippen LogP contribution in [0.4, 0.5) is 9.59 Å². The highest BCUT2D eigenvalue weighted by molar-refractivity contribution is 5.93. The Morgan fingerprint density at radius 1 is 0.677 bits per heavy atom. The molecule has 2 aromatic heterocycles. The predicted octanol–water partition coefficient (Wildman–Crippen LogP) is 9.31. The van der Waals surface area contributed by atoms with Gasteiger partial charge >= 0.3 is 12.2 Å². The Labute approximate surface area is 378 Å². The largest absolute Gasteiger partial charge is 0.453 e. The predicted molar refractivity (Wildman–Crippen MR) is 249 cm³/mol. The Balaban J connectivity index is 0.900. The van der Waals surface area contributed by atoms with Crippen LogP contribution in [0.2, 0.25) is 0 Å². The van der Waals surface area contributed by atoms with Crippen molar-refractivity contribution in [3.63, 3.8) is 0 Å². The van der Waals surface area contributed by atoms with Crippen LogP contribution in [-0.2, 0) is 19.1 Å². The van der Waals surface area contributed by atoms with Crippen LogP contribution in [0.5, 0.6) is 0 Å². The number of H-pyrrole nitrogens is 2. The number of imidazole rings is 2. The zero-order valence-electron chi connectivity index (χ0n) is 37.9. The van der Waals surface area contributed by atoms with Crippen LogP contribution < -0.4 is 10.6 Å². The molecule has 3 aliphatic rings. The van der Waals surface area contributed by atoms with Gasteiger partial charge in [0.05, 0.1) is 49.2 Å². The third kappa shape index (κ3) is 8.53. The van der Waals surface area contributed by atoms with Gasteiger partial charge in [-0.2, -0.15) is 0 Å². The third-order valence-corrected chi connectivity index (χ3v) is 13.8. The van der Waals surface area contributed by atoms with Crippen molar-refractivity contribution in [2.24, 2.45) is 17.8 Å². The number of ether oxygens (including phenoxy) is 2. The van der Waals surface area contributed by atoms with Gasteiger partial charge in [0.2, 0.25) is 11.8 Å². The number of nitrogens with zero attached hydrogens (tertiary/aromatic N) is 4. The summed E-state index contributed by atoms with van der Waals surface area (Å²) in [6.07, 6.45) is 6.21. The lowest BCUT2D eigenvalue weighted by atomic mass is 9.87. The fourth-order valence-corrected chi connectivity index (χ4v) is 10.4. The maximum absolute atomic E-state index is 14.2. The van der Waals surface area contributed by atoms with Crippen LogP contribution in [0.3, 0.4) is 0 Å². The molecular weight excluding hydrogens is 821 g/mol. The Morgan fingerprint density at radius 3 is 1.94 bits per heavy atom. The van der Waals surface area contributed by atoms with Gasteiger partial charge in [-0.15, -0.1) is 0 Å². The molecule has 2 bridgehead atoms. The Kier molecular flexibility index (Phi) is 12.1. The van der Waals surface area contributed by atoms with Crippen molar-refractivity contribution in [1.29, 1.82) is 0 Å². The summed E-state index contributed by atoms with van der Waals surface area (Å²) in [4.78, 5) is 72.8. The van der Waals surface area contributed by atoms with Gasteiger partial charge in [0.1, 0.15) is 23.7 Å². The molecule has 14 nitrogen and oxygen atoms in total. The molecule has 0 radical (unpaired) electrons. The molecule has 4 heterocycles. The van der Waals surface area contributed by atoms with Crippen molar-refractivity contribution in [1.82, 2.24) is 40.4 Å². The van der Waals surface area contributed by atoms with E-state index in [2.05, 4.69) is 99.5 Å². The number of carbonyl (C=O) groups excluding carboxylic acids is 4. The molecule has 6 aromatic rings. The fourth-order valence-electron chi connectivity index (χ4n) is 10.4. The molecule has 0 spiro atoms. The van der Waals surface area contributed by atoms with Crippen LogP contribution in [-0.4, -0.2) is 92.6 Å². The van der Waals surface area contributed by atoms with Gasteiger partial charge in [0, 0.05) is 12.6 Å². The quantitative estimate of drug-likeness (QED) is 0.0996. The third-order valence-electron chi connectivity index (χ3n) is 13.8. The Morgan fingerprint density at radius 2 is 1.28 bits per heavy atom. The van der Waals surface area contributed by atoms with Crippen LogP contribution in [0.15, 0.2) is 85.1 Å². The van der Waals surface area contributed by atoms with E-state index >= 15 is 0 Å². The van der Waals surface area contributed by atoms with Gasteiger partial charge in [0.15, 0.2) is 0 Å². The molecule has 4 aromatic carbocycles. The van der Waals surface area contributed by atoms with Gasteiger partial charge < -0.3 is 39.9 Å². The number of alkyl carbamates (subject to hydrolysis) is 2. The highest BCUT2D eigenvalue weighted by atomic mass is 16.5. The van der Waals surface area contributed by atoms with E-state index in [1.165, 1.54) is 14.2 Å². The highest BCUT2D eigenvalue weighted by Gasteiger charge is 2.49. The number of aromatic nitrogens is 4. The van der Waals surface area contributed by atoms with E-state index in [0.29, 0.717) is 12.5 Å². The summed E-state index contributed by atoms with van der Waals surface area (Å²) >= 11 is 0. The van der Waals surface area contributed by atoms with E-state index in [4.69, 9.17) is 19.4 Å². The smallest absolute Gasteiger partial charge is 0.407 e. The van der Waals surface area contributed by atoms with E-state index < -0.39 is 24.3 Å². The minimum Gasteiger partial charge on any atom is -0.453 e. The average molecular weight is 879 g/mol. The molecule has 2 saturated heterocycles. The van der Waals surface area contributed by atoms with E-state index in [-0.39, 0.29) is 41.8 Å². The van der Waals surface area contributed by atoms with E-state index in [1.807, 2.05) is 43.7 Å². The first-order valence-electron chi connectivity index (χ1n) is 22.9. The number of rotatable bonds is 11. The molecule has 0 unspecified atom stereocenters. The molecule has 6 atom stereocenters. The van der Waals surface area contributed by atoms with Crippen molar-refractivity contribution in [2.45, 2.75) is 96.4 Å². The van der Waals surface area contributed by atoms with Crippen LogP contribution >= 0.6 is 0 Å². The van der Waals surface area contributed by atoms with E-state index in [1.54, 1.807) is 0 Å². The first-order valence-corrected chi connectivity index (χ1v) is 22.9. The van der Waals surface area contributed by atoms with Gasteiger partial charge in [-0.3, -0.25) is 9.59 Å². The Bertz CT molecular complexity index is 2740. The zero-order chi connectivity index (χ0) is 45.5. The van der Waals surface area contributed by atoms with Crippen LogP contribution in [0.25, 0.3) is 55.3 Å². The summed E-state index contributed by atoms with van der Waals surface area (Å²) in [5, 5.41) is 7.77. The van der Waals surface area contributed by atoms with Crippen LogP contribution in [0, 0.1) is 17.8 Å². The number of methoxy groups -OCH3 is 2. The first kappa shape index (κ1) is 43.5. The average Bonchev–Trinajstić information content (AvgIpc) is 4.14. The maximum Gasteiger partial charge on any atom is 0.407 e. The SMILES string of the molecule is COC(=O)N[C@H](C(=O)N1CCC[C@H]1c1ncc(-c2ccc(-c3ccc4cc(-c5ccc6nc([C@@H]7[C@H]8CCC[C@H](C8)N7C(=O)[C@@H](NC(=O)OC)C(C)C)[nH]c6c5)ccc4c3)cc2)[nH]1)C(C)C. The molecule has 9 rings (SSSR count). The summed E-state index contributed by atoms with van der Waals surface area (Å²) in [7, 11) is 2.61. The zero-order valence-corrected chi connectivity index (χ0v) is 37.9. The number of amides is 4. The van der Waals surface area contributed by atoms with Gasteiger partial charge in [-0.25, -0.2) is 19.6 Å². The lowest BCUT2D eigenvalue weighted by molar-refractivity contribution is -0.138. The second kappa shape index (κ2) is 18.1. The summed E-state index contributed by atoms with van der Waals surface area (Å²) < 4.78 is 9.65. The minimum atomic E-state index is -0.688. The minimum absolute atomic E-state index is 0.0810. The second-order valence-corrected chi connectivity index (χ2v) is 18.6. The van der Waals surface area contributed by atoms with Crippen molar-refractivity contribution in [2.75, 3.05) is 20.8 Å². The van der Waals surface area contributed by atoms with Gasteiger partial charge in [-0.05, 0) is 113 Å². The van der Waals surface area contributed by atoms with Crippen LogP contribution in [0.1, 0.15) is 90.0 Å². The number of benzene rings is 4. The summed E-state index contributed by atoms with van der Waals surface area (Å²) in [6, 6.07) is 26.1. The number of likely N-dealkylation sites (tertiary alicyclic amines) is 2. The lowest BCUT2D eigenvalue weighted by Gasteiger charge is -2.33. The first-order chi connectivity index (χ1) is 31.4. The number of carbonyl (C=O) groups is 4. The standard InChI is InChI=1S/C51H58N8O6/c1-28(2)43(56-50(62)64-5)48(60)58-22-8-11-42(58)46-52-27-41(55-46)31-14-12-30(13-15-31)32-16-17-34-24-35(19-18-33(34)23-32)36-20-21-39-40(26-36)54-47(53-39)45-37-9-7-10-38(25-37)59(45)49(61)44(29(3)4)57-51(63)65-6/h12-21,23-24,26-29,37-38,42-45H,7-11,22,25H2,1-6H3,(H,52,55)(H,53,54)(H,56,62)(H,57,63)/t37-,38+,42-,43-,44-,45-/m0/s1. The lowest BCUT2D eigenvalue weighted by Crippen LogP contribution is -2.53. The molecule has 2 aliphatic heterocycles. The molecule has 1 aliphatic carbocycles. The molecule has 338 valence electrons. The van der Waals surface area contributed by atoms with Crippen molar-refractivity contribution in [3.05, 3.63) is 96.7 Å². The van der Waals surface area contributed by atoms with E-state index in [9.17, 15) is 19.2 Å². The second-order valence-electron chi connectivity index (χ2n) is 18.6. The topological polar surface area (TPSA) is 175 Å². The molecule has 3 fully saturated rings. The normalized spacial score (nSPS) is 20.4. The number of aromatic amines is 2. The molecule has 1 saturated carbocycles. The monoisotopic (exact) mass is 878 g/mol. The number of fused-ring (bicyclic) bond motifs is 4. The Hall–Kier alpha value is -6.70. The van der Waals surface area contributed by atoms with Gasteiger partial charge in [0.25, 0.3) is 0 Å². The molecule has 14 heteroatoms. The van der Waals surface area contributed by atoms with Crippen molar-refractivity contribution >= 4 is 45.8 Å². The van der Waals surface area contributed by atoms with E-state index in [0.717, 1.165) is 105 Å². The van der Waals surface area contributed by atoms with Crippen molar-refractivity contribution < 1.29 is 28.7 Å². The summed E-state index contributed by atoms with van der Waals surface area (Å²) in [5.41, 5.74) is 8.01. The number of hydrogen-bond donors (Lipinski definition) is 4. The van der Waals surface area contributed by atoms with Gasteiger partial charge in [-0.1, -0.05) is 88.7 Å². The molecular formula is C51H58N8O6. The maximum atomic E-state index is 14.2. The summed E-state index contributed by atoms with van der Waals surface area (Å²) in [6.45, 7) is 8.30. The number of nitrogens with one attached hydrogen (secondary N) is 4. The molecule has 4 N–H and O–H groups in total. The fraction of sp³-hybridized carbons (Fsp3) is 0.412. The summed E-state index contributed by atoms with van der Waals surface area (Å²) in [5.74, 6) is 1.40. The molecule has 4 amide bonds. The molecule has 65 heavy (non-hydrogen) atoms. The number of hydrogen-bond acceptors (Lipinski definition) is 8.